The van der Waals surface area contributed by atoms with Gasteiger partial charge in [-0.1, -0.05) is 54.1 Å². The maximum Gasteiger partial charge on any atom is 0.311 e. The minimum atomic E-state index is -0.482. The molecule has 0 spiro atoms. The van der Waals surface area contributed by atoms with Crippen molar-refractivity contribution in [1.29, 1.82) is 5.26 Å². The number of hydrogen-bond acceptors (Lipinski definition) is 7. The molecule has 10 heteroatoms. The highest BCUT2D eigenvalue weighted by atomic mass is 35.5. The van der Waals surface area contributed by atoms with Crippen LogP contribution in [-0.4, -0.2) is 34.2 Å². The normalized spacial score (nSPS) is 10.5. The Kier molecular flexibility index (Phi) is 9.66. The summed E-state index contributed by atoms with van der Waals surface area (Å²) in [5.41, 5.74) is 14.7. The Bertz CT molecular complexity index is 1760. The number of nitrogens with one attached hydrogen (secondary N) is 1. The van der Waals surface area contributed by atoms with Gasteiger partial charge in [-0.3, -0.25) is 9.59 Å². The smallest absolute Gasteiger partial charge is 0.311 e. The highest BCUT2D eigenvalue weighted by Crippen LogP contribution is 2.35. The molecule has 0 aliphatic heterocycles. The molecule has 0 unspecified atom stereocenters. The van der Waals surface area contributed by atoms with Crippen molar-refractivity contribution in [3.05, 3.63) is 111 Å². The van der Waals surface area contributed by atoms with Gasteiger partial charge in [-0.15, -0.1) is 0 Å². The number of nitrogens with two attached hydrogens (primary N) is 2. The molecule has 2 heterocycles. The van der Waals surface area contributed by atoms with Crippen molar-refractivity contribution >= 4 is 23.2 Å². The molecule has 5 N–H and O–H groups in total. The van der Waals surface area contributed by atoms with Crippen LogP contribution in [0.25, 0.3) is 28.0 Å². The Labute approximate surface area is 242 Å². The molecule has 3 aromatic carbocycles. The topological polar surface area (TPSA) is 152 Å². The SMILES string of the molecule is CN.N#Cc1ccc(-c2cc(=O)[nH]c3c(-c4ccc(Cl)cc4)c(Cc4ccccc4)nn23)c(OC(=O)CCCN)c1. The number of esters is 1. The molecule has 9 nitrogen and oxygen atoms in total. The number of carbonyl (C=O) groups excluding carboxylic acids is 1. The highest BCUT2D eigenvalue weighted by Gasteiger charge is 2.21. The number of aromatic amines is 1. The quantitative estimate of drug-likeness (QED) is 0.181. The van der Waals surface area contributed by atoms with E-state index >= 15 is 0 Å². The van der Waals surface area contributed by atoms with Crippen molar-refractivity contribution in [2.24, 2.45) is 11.5 Å². The first-order valence-electron chi connectivity index (χ1n) is 12.9. The van der Waals surface area contributed by atoms with Crippen LogP contribution in [0.3, 0.4) is 0 Å². The van der Waals surface area contributed by atoms with Gasteiger partial charge in [-0.05, 0) is 61.5 Å². The predicted molar refractivity (Wildman–Crippen MR) is 160 cm³/mol. The number of aromatic nitrogens is 3. The highest BCUT2D eigenvalue weighted by molar-refractivity contribution is 6.30. The van der Waals surface area contributed by atoms with Crippen LogP contribution in [0.4, 0.5) is 0 Å². The number of rotatable bonds is 8. The second-order valence-electron chi connectivity index (χ2n) is 8.96. The van der Waals surface area contributed by atoms with E-state index in [1.54, 1.807) is 28.8 Å². The van der Waals surface area contributed by atoms with Gasteiger partial charge in [0.1, 0.15) is 11.4 Å². The van der Waals surface area contributed by atoms with Crippen LogP contribution in [0, 0.1) is 11.3 Å². The predicted octanol–water partition coefficient (Wildman–Crippen LogP) is 4.69. The maximum atomic E-state index is 13.0. The molecule has 0 aliphatic rings. The Hall–Kier alpha value is -4.75. The van der Waals surface area contributed by atoms with Crippen LogP contribution in [0.2, 0.25) is 5.02 Å². The van der Waals surface area contributed by atoms with Crippen molar-refractivity contribution in [2.75, 3.05) is 13.6 Å². The monoisotopic (exact) mass is 568 g/mol. The number of nitrogens with zero attached hydrogens (tertiary/aromatic N) is 3. The van der Waals surface area contributed by atoms with E-state index in [0.29, 0.717) is 46.9 Å². The van der Waals surface area contributed by atoms with E-state index < -0.39 is 5.97 Å². The number of halogens is 1. The van der Waals surface area contributed by atoms with Crippen molar-refractivity contribution in [1.82, 2.24) is 14.6 Å². The number of carbonyl (C=O) groups is 1. The molecule has 2 aromatic heterocycles. The Balaban J connectivity index is 0.00000189. The maximum absolute atomic E-state index is 13.0. The zero-order valence-electron chi connectivity index (χ0n) is 22.4. The lowest BCUT2D eigenvalue weighted by molar-refractivity contribution is -0.134. The summed E-state index contributed by atoms with van der Waals surface area (Å²) in [6.45, 7) is 0.347. The van der Waals surface area contributed by atoms with Crippen LogP contribution >= 0.6 is 11.6 Å². The second kappa shape index (κ2) is 13.5. The average molecular weight is 569 g/mol. The van der Waals surface area contributed by atoms with Gasteiger partial charge in [0.15, 0.2) is 0 Å². The molecule has 0 fully saturated rings. The largest absolute Gasteiger partial charge is 0.426 e. The first-order valence-corrected chi connectivity index (χ1v) is 13.3. The number of fused-ring (bicyclic) bond motifs is 1. The molecule has 0 amide bonds. The van der Waals surface area contributed by atoms with E-state index in [9.17, 15) is 14.9 Å². The first kappa shape index (κ1) is 29.2. The van der Waals surface area contributed by atoms with Gasteiger partial charge < -0.3 is 21.2 Å². The minimum absolute atomic E-state index is 0.126. The summed E-state index contributed by atoms with van der Waals surface area (Å²) in [6.07, 6.45) is 1.10. The van der Waals surface area contributed by atoms with Gasteiger partial charge in [0.25, 0.3) is 5.56 Å². The Morgan fingerprint density at radius 3 is 2.49 bits per heavy atom. The van der Waals surface area contributed by atoms with E-state index in [0.717, 1.165) is 22.4 Å². The molecule has 0 aliphatic carbocycles. The number of ether oxygens (including phenoxy) is 1. The van der Waals surface area contributed by atoms with Crippen molar-refractivity contribution in [3.8, 4) is 34.2 Å². The summed E-state index contributed by atoms with van der Waals surface area (Å²) in [4.78, 5) is 28.4. The van der Waals surface area contributed by atoms with Crippen LogP contribution in [-0.2, 0) is 11.2 Å². The van der Waals surface area contributed by atoms with E-state index in [-0.39, 0.29) is 17.7 Å². The summed E-state index contributed by atoms with van der Waals surface area (Å²) in [7, 11) is 1.50. The number of benzene rings is 3. The standard InChI is InChI=1S/C30H24ClN5O3.CH5N/c31-22-11-9-21(10-12-22)29-24(15-19-5-2-1-3-6-19)35-36-25(17-27(37)34-30(29)36)23-13-8-20(18-33)16-26(23)39-28(38)7-4-14-32;1-2/h1-3,5-6,8-13,16-17H,4,7,14-15,32H2,(H,34,37);2H2,1H3. The average Bonchev–Trinajstić information content (AvgIpc) is 3.35. The van der Waals surface area contributed by atoms with Crippen LogP contribution in [0.15, 0.2) is 83.7 Å². The minimum Gasteiger partial charge on any atom is -0.426 e. The van der Waals surface area contributed by atoms with Crippen LogP contribution in [0.1, 0.15) is 29.7 Å². The summed E-state index contributed by atoms with van der Waals surface area (Å²) in [6, 6.07) is 25.4. The van der Waals surface area contributed by atoms with Crippen molar-refractivity contribution in [3.63, 3.8) is 0 Å². The van der Waals surface area contributed by atoms with Gasteiger partial charge in [-0.25, -0.2) is 4.52 Å². The van der Waals surface area contributed by atoms with E-state index in [1.807, 2.05) is 42.5 Å². The second-order valence-corrected chi connectivity index (χ2v) is 9.40. The lowest BCUT2D eigenvalue weighted by Crippen LogP contribution is -2.13. The molecular weight excluding hydrogens is 540 g/mol. The fourth-order valence-electron chi connectivity index (χ4n) is 4.42. The molecule has 0 atom stereocenters. The van der Waals surface area contributed by atoms with Gasteiger partial charge in [0, 0.05) is 35.1 Å². The lowest BCUT2D eigenvalue weighted by atomic mass is 10.0. The third-order valence-electron chi connectivity index (χ3n) is 6.24. The Morgan fingerprint density at radius 1 is 1.07 bits per heavy atom. The van der Waals surface area contributed by atoms with E-state index in [1.165, 1.54) is 19.2 Å². The van der Waals surface area contributed by atoms with Crippen molar-refractivity contribution < 1.29 is 9.53 Å². The van der Waals surface area contributed by atoms with E-state index in [2.05, 4.69) is 16.8 Å². The Morgan fingerprint density at radius 2 is 1.80 bits per heavy atom. The van der Waals surface area contributed by atoms with Gasteiger partial charge in [0.05, 0.1) is 23.0 Å². The van der Waals surface area contributed by atoms with Crippen LogP contribution in [0.5, 0.6) is 5.75 Å². The van der Waals surface area contributed by atoms with E-state index in [4.69, 9.17) is 27.2 Å². The summed E-state index contributed by atoms with van der Waals surface area (Å²) < 4.78 is 7.29. The van der Waals surface area contributed by atoms with Gasteiger partial charge in [-0.2, -0.15) is 10.4 Å². The molecule has 41 heavy (non-hydrogen) atoms. The van der Waals surface area contributed by atoms with Gasteiger partial charge >= 0.3 is 5.97 Å². The number of nitriles is 1. The molecular formula is C31H29ClN6O3. The zero-order chi connectivity index (χ0) is 29.4. The third-order valence-corrected chi connectivity index (χ3v) is 6.49. The molecule has 0 radical (unpaired) electrons. The summed E-state index contributed by atoms with van der Waals surface area (Å²) in [5.74, 6) is -0.318. The zero-order valence-corrected chi connectivity index (χ0v) is 23.2. The number of hydrogen-bond donors (Lipinski definition) is 3. The van der Waals surface area contributed by atoms with Crippen molar-refractivity contribution in [2.45, 2.75) is 19.3 Å². The molecule has 0 bridgehead atoms. The summed E-state index contributed by atoms with van der Waals surface area (Å²) in [5, 5.41) is 15.0. The fourth-order valence-corrected chi connectivity index (χ4v) is 4.55. The molecule has 0 saturated heterocycles. The number of H-pyrrole nitrogens is 1. The summed E-state index contributed by atoms with van der Waals surface area (Å²) >= 11 is 6.16. The van der Waals surface area contributed by atoms with Crippen LogP contribution < -0.4 is 21.8 Å². The molecule has 5 aromatic rings. The first-order chi connectivity index (χ1) is 20.0. The molecule has 5 rings (SSSR count). The third kappa shape index (κ3) is 6.70. The molecule has 0 saturated carbocycles. The lowest BCUT2D eigenvalue weighted by Gasteiger charge is -2.12. The fraction of sp³-hybridized carbons (Fsp3) is 0.161. The van der Waals surface area contributed by atoms with Gasteiger partial charge in [0.2, 0.25) is 0 Å². The molecule has 208 valence electrons.